The first-order valence-electron chi connectivity index (χ1n) is 6.25. The van der Waals surface area contributed by atoms with Crippen LogP contribution >= 0.6 is 11.8 Å². The van der Waals surface area contributed by atoms with E-state index in [1.165, 1.54) is 10.5 Å². The van der Waals surface area contributed by atoms with Crippen molar-refractivity contribution in [1.82, 2.24) is 0 Å². The smallest absolute Gasteiger partial charge is 0.0990 e. The van der Waals surface area contributed by atoms with Gasteiger partial charge in [-0.2, -0.15) is 0 Å². The zero-order valence-electron chi connectivity index (χ0n) is 11.0. The molecule has 0 fully saturated rings. The molecule has 0 amide bonds. The molecule has 0 aromatic heterocycles. The SMILES string of the molecule is Cc1ccc(SCC(C(=N)N)c2ccccc2)cc1. The number of aryl methyl sites for hydroxylation is 1. The van der Waals surface area contributed by atoms with Crippen LogP contribution in [0.5, 0.6) is 0 Å². The van der Waals surface area contributed by atoms with Gasteiger partial charge in [0.15, 0.2) is 0 Å². The Kier molecular flexibility index (Phi) is 4.63. The number of amidine groups is 1. The molecule has 3 N–H and O–H groups in total. The minimum Gasteiger partial charge on any atom is -0.387 e. The average Bonchev–Trinajstić information content (AvgIpc) is 2.42. The minimum absolute atomic E-state index is 0.0208. The van der Waals surface area contributed by atoms with Gasteiger partial charge < -0.3 is 5.73 Å². The highest BCUT2D eigenvalue weighted by Crippen LogP contribution is 2.26. The molecule has 0 saturated heterocycles. The van der Waals surface area contributed by atoms with Crippen molar-refractivity contribution in [3.63, 3.8) is 0 Å². The first-order chi connectivity index (χ1) is 9.16. The van der Waals surface area contributed by atoms with Crippen LogP contribution in [0.4, 0.5) is 0 Å². The van der Waals surface area contributed by atoms with Crippen molar-refractivity contribution >= 4 is 17.6 Å². The highest BCUT2D eigenvalue weighted by molar-refractivity contribution is 7.99. The van der Waals surface area contributed by atoms with Gasteiger partial charge in [-0.3, -0.25) is 5.41 Å². The maximum absolute atomic E-state index is 7.75. The average molecular weight is 270 g/mol. The van der Waals surface area contributed by atoms with Gasteiger partial charge in [-0.1, -0.05) is 48.0 Å². The number of rotatable bonds is 5. The van der Waals surface area contributed by atoms with E-state index in [0.717, 1.165) is 11.3 Å². The lowest BCUT2D eigenvalue weighted by Crippen LogP contribution is -2.22. The van der Waals surface area contributed by atoms with Crippen molar-refractivity contribution in [2.75, 3.05) is 5.75 Å². The Labute approximate surface area is 118 Å². The number of hydrogen-bond donors (Lipinski definition) is 2. The van der Waals surface area contributed by atoms with E-state index in [9.17, 15) is 0 Å². The van der Waals surface area contributed by atoms with Crippen LogP contribution in [0.1, 0.15) is 17.0 Å². The number of benzene rings is 2. The molecule has 0 aliphatic carbocycles. The van der Waals surface area contributed by atoms with Crippen molar-refractivity contribution in [2.24, 2.45) is 5.73 Å². The lowest BCUT2D eigenvalue weighted by molar-refractivity contribution is 1.01. The van der Waals surface area contributed by atoms with Gasteiger partial charge in [-0.05, 0) is 24.6 Å². The quantitative estimate of drug-likeness (QED) is 0.493. The van der Waals surface area contributed by atoms with E-state index in [1.807, 2.05) is 30.3 Å². The zero-order valence-corrected chi connectivity index (χ0v) is 11.8. The highest BCUT2D eigenvalue weighted by atomic mass is 32.2. The number of thioether (sulfide) groups is 1. The van der Waals surface area contributed by atoms with E-state index >= 15 is 0 Å². The maximum Gasteiger partial charge on any atom is 0.0990 e. The lowest BCUT2D eigenvalue weighted by atomic mass is 10.0. The summed E-state index contributed by atoms with van der Waals surface area (Å²) in [5.41, 5.74) is 8.09. The van der Waals surface area contributed by atoms with Crippen LogP contribution < -0.4 is 5.73 Å². The summed E-state index contributed by atoms with van der Waals surface area (Å²) < 4.78 is 0. The molecule has 19 heavy (non-hydrogen) atoms. The third-order valence-electron chi connectivity index (χ3n) is 3.02. The Morgan fingerprint density at radius 3 is 2.32 bits per heavy atom. The summed E-state index contributed by atoms with van der Waals surface area (Å²) >= 11 is 1.74. The van der Waals surface area contributed by atoms with E-state index < -0.39 is 0 Å². The molecule has 0 saturated carbocycles. The number of nitrogens with one attached hydrogen (secondary N) is 1. The molecule has 0 radical (unpaired) electrons. The van der Waals surface area contributed by atoms with Crippen LogP contribution in [0, 0.1) is 12.3 Å². The summed E-state index contributed by atoms with van der Waals surface area (Å²) in [5, 5.41) is 7.75. The Morgan fingerprint density at radius 1 is 1.11 bits per heavy atom. The number of nitrogens with two attached hydrogens (primary N) is 1. The second-order valence-corrected chi connectivity index (χ2v) is 5.64. The van der Waals surface area contributed by atoms with Crippen LogP contribution in [0.2, 0.25) is 0 Å². The summed E-state index contributed by atoms with van der Waals surface area (Å²) in [6.45, 7) is 2.08. The predicted molar refractivity (Wildman–Crippen MR) is 83.0 cm³/mol. The largest absolute Gasteiger partial charge is 0.387 e. The first-order valence-corrected chi connectivity index (χ1v) is 7.23. The second-order valence-electron chi connectivity index (χ2n) is 4.54. The van der Waals surface area contributed by atoms with Crippen LogP contribution in [0.15, 0.2) is 59.5 Å². The Balaban J connectivity index is 2.06. The molecule has 0 bridgehead atoms. The van der Waals surface area contributed by atoms with Crippen LogP contribution in [0.3, 0.4) is 0 Å². The fourth-order valence-electron chi connectivity index (χ4n) is 1.86. The summed E-state index contributed by atoms with van der Waals surface area (Å²) in [4.78, 5) is 1.22. The molecular weight excluding hydrogens is 252 g/mol. The molecule has 2 aromatic rings. The van der Waals surface area contributed by atoms with Crippen LogP contribution in [0.25, 0.3) is 0 Å². The molecule has 1 unspecified atom stereocenters. The highest BCUT2D eigenvalue weighted by Gasteiger charge is 2.14. The molecule has 98 valence electrons. The Hall–Kier alpha value is -1.74. The summed E-state index contributed by atoms with van der Waals surface area (Å²) in [5.74, 6) is 1.00. The van der Waals surface area contributed by atoms with Gasteiger partial charge in [0.05, 0.1) is 11.8 Å². The molecule has 2 rings (SSSR count). The van der Waals surface area contributed by atoms with E-state index in [-0.39, 0.29) is 11.8 Å². The van der Waals surface area contributed by atoms with E-state index in [0.29, 0.717) is 0 Å². The van der Waals surface area contributed by atoms with Crippen molar-refractivity contribution < 1.29 is 0 Å². The lowest BCUT2D eigenvalue weighted by Gasteiger charge is -2.15. The molecular formula is C16H18N2S. The van der Waals surface area contributed by atoms with E-state index in [2.05, 4.69) is 31.2 Å². The molecule has 2 aromatic carbocycles. The molecule has 1 atom stereocenters. The van der Waals surface area contributed by atoms with Gasteiger partial charge in [0, 0.05) is 10.6 Å². The third-order valence-corrected chi connectivity index (χ3v) is 4.12. The van der Waals surface area contributed by atoms with Gasteiger partial charge in [0.1, 0.15) is 0 Å². The maximum atomic E-state index is 7.75. The fourth-order valence-corrected chi connectivity index (χ4v) is 2.92. The zero-order chi connectivity index (χ0) is 13.7. The molecule has 0 aliphatic heterocycles. The van der Waals surface area contributed by atoms with Gasteiger partial charge in [-0.15, -0.1) is 11.8 Å². The van der Waals surface area contributed by atoms with E-state index in [4.69, 9.17) is 11.1 Å². The molecule has 3 heteroatoms. The third kappa shape index (κ3) is 3.86. The van der Waals surface area contributed by atoms with Crippen molar-refractivity contribution in [3.8, 4) is 0 Å². The standard InChI is InChI=1S/C16H18N2S/c1-12-7-9-14(10-8-12)19-11-15(16(17)18)13-5-3-2-4-6-13/h2-10,15H,11H2,1H3,(H3,17,18). The van der Waals surface area contributed by atoms with Crippen LogP contribution in [-0.4, -0.2) is 11.6 Å². The Morgan fingerprint density at radius 2 is 1.74 bits per heavy atom. The molecule has 0 heterocycles. The van der Waals surface area contributed by atoms with Crippen LogP contribution in [-0.2, 0) is 0 Å². The minimum atomic E-state index is -0.0208. The van der Waals surface area contributed by atoms with E-state index in [1.54, 1.807) is 11.8 Å². The topological polar surface area (TPSA) is 49.9 Å². The van der Waals surface area contributed by atoms with Crippen molar-refractivity contribution in [3.05, 3.63) is 65.7 Å². The normalized spacial score (nSPS) is 12.1. The van der Waals surface area contributed by atoms with Gasteiger partial charge in [0.25, 0.3) is 0 Å². The van der Waals surface area contributed by atoms with Crippen molar-refractivity contribution in [2.45, 2.75) is 17.7 Å². The molecule has 0 aliphatic rings. The second kappa shape index (κ2) is 6.43. The van der Waals surface area contributed by atoms with Gasteiger partial charge >= 0.3 is 0 Å². The molecule has 2 nitrogen and oxygen atoms in total. The summed E-state index contributed by atoms with van der Waals surface area (Å²) in [7, 11) is 0. The molecule has 0 spiro atoms. The number of hydrogen-bond acceptors (Lipinski definition) is 2. The first kappa shape index (κ1) is 13.7. The Bertz CT molecular complexity index is 534. The van der Waals surface area contributed by atoms with Crippen molar-refractivity contribution in [1.29, 1.82) is 5.41 Å². The van der Waals surface area contributed by atoms with Gasteiger partial charge in [0.2, 0.25) is 0 Å². The predicted octanol–water partition coefficient (Wildman–Crippen LogP) is 3.81. The monoisotopic (exact) mass is 270 g/mol. The van der Waals surface area contributed by atoms with Gasteiger partial charge in [-0.25, -0.2) is 0 Å². The summed E-state index contributed by atoms with van der Waals surface area (Å²) in [6.07, 6.45) is 0. The fraction of sp³-hybridized carbons (Fsp3) is 0.188. The summed E-state index contributed by atoms with van der Waals surface area (Å²) in [6, 6.07) is 18.5.